The van der Waals surface area contributed by atoms with Gasteiger partial charge in [-0.3, -0.25) is 14.9 Å². The summed E-state index contributed by atoms with van der Waals surface area (Å²) >= 11 is 1.92. The molecule has 6 nitrogen and oxygen atoms in total. The third-order valence-corrected chi connectivity index (χ3v) is 4.94. The largest absolute Gasteiger partial charge is 0.377 e. The summed E-state index contributed by atoms with van der Waals surface area (Å²) in [6, 6.07) is 3.60. The summed E-state index contributed by atoms with van der Waals surface area (Å²) in [6.45, 7) is 0. The Balaban J connectivity index is 1.90. The third-order valence-electron chi connectivity index (χ3n) is 3.89. The van der Waals surface area contributed by atoms with Crippen LogP contribution in [0, 0.1) is 10.1 Å². The summed E-state index contributed by atoms with van der Waals surface area (Å²) in [5.41, 5.74) is 2.15. The van der Waals surface area contributed by atoms with Crippen LogP contribution in [-0.2, 0) is 11.2 Å². The highest BCUT2D eigenvalue weighted by atomic mass is 32.2. The molecule has 0 saturated carbocycles. The predicted octanol–water partition coefficient (Wildman–Crippen LogP) is 2.79. The molecule has 3 rings (SSSR count). The zero-order valence-corrected chi connectivity index (χ0v) is 12.4. The smallest absolute Gasteiger partial charge is 0.294 e. The normalized spacial score (nSPS) is 18.8. The van der Waals surface area contributed by atoms with Gasteiger partial charge in [0.05, 0.1) is 10.6 Å². The molecule has 2 aliphatic heterocycles. The molecule has 0 aliphatic carbocycles. The van der Waals surface area contributed by atoms with Crippen LogP contribution in [-0.4, -0.2) is 28.4 Å². The van der Waals surface area contributed by atoms with Crippen molar-refractivity contribution in [2.24, 2.45) is 0 Å². The molecule has 0 unspecified atom stereocenters. The first-order valence-corrected chi connectivity index (χ1v) is 8.24. The molecule has 2 heterocycles. The lowest BCUT2D eigenvalue weighted by Gasteiger charge is -2.25. The lowest BCUT2D eigenvalue weighted by molar-refractivity contribution is -0.383. The number of nitro benzene ring substituents is 1. The van der Waals surface area contributed by atoms with Crippen molar-refractivity contribution in [3.05, 3.63) is 27.8 Å². The van der Waals surface area contributed by atoms with Crippen molar-refractivity contribution >= 4 is 34.7 Å². The maximum absolute atomic E-state index is 11.4. The number of amides is 1. The molecule has 2 N–H and O–H groups in total. The zero-order valence-electron chi connectivity index (χ0n) is 11.6. The quantitative estimate of drug-likeness (QED) is 0.662. The minimum atomic E-state index is -0.388. The Morgan fingerprint density at radius 2 is 2.05 bits per heavy atom. The van der Waals surface area contributed by atoms with Crippen molar-refractivity contribution in [1.82, 2.24) is 0 Å². The number of carbonyl (C=O) groups excluding carboxylic acids is 1. The first kappa shape index (κ1) is 14.2. The molecular formula is C14H17N3O3S. The van der Waals surface area contributed by atoms with E-state index < -0.39 is 0 Å². The summed E-state index contributed by atoms with van der Waals surface area (Å²) in [5, 5.41) is 17.3. The average Bonchev–Trinajstić information content (AvgIpc) is 2.47. The van der Waals surface area contributed by atoms with Crippen LogP contribution in [0.3, 0.4) is 0 Å². The molecule has 112 valence electrons. The monoisotopic (exact) mass is 307 g/mol. The number of rotatable bonds is 3. The topological polar surface area (TPSA) is 84.3 Å². The molecule has 0 aromatic heterocycles. The van der Waals surface area contributed by atoms with Crippen LogP contribution in [0.15, 0.2) is 12.1 Å². The zero-order chi connectivity index (χ0) is 14.8. The predicted molar refractivity (Wildman–Crippen MR) is 84.0 cm³/mol. The maximum atomic E-state index is 11.4. The van der Waals surface area contributed by atoms with Crippen molar-refractivity contribution in [3.8, 4) is 0 Å². The molecule has 21 heavy (non-hydrogen) atoms. The van der Waals surface area contributed by atoms with E-state index in [0.717, 1.165) is 29.9 Å². The molecule has 1 fully saturated rings. The molecule has 0 atom stereocenters. The number of fused-ring (bicyclic) bond motifs is 1. The Morgan fingerprint density at radius 3 is 2.76 bits per heavy atom. The van der Waals surface area contributed by atoms with E-state index in [4.69, 9.17) is 0 Å². The molecule has 0 spiro atoms. The fraction of sp³-hybridized carbons (Fsp3) is 0.500. The molecule has 2 aliphatic rings. The van der Waals surface area contributed by atoms with Gasteiger partial charge in [0, 0.05) is 18.5 Å². The van der Waals surface area contributed by atoms with Gasteiger partial charge in [-0.1, -0.05) is 0 Å². The highest BCUT2D eigenvalue weighted by molar-refractivity contribution is 7.99. The van der Waals surface area contributed by atoms with Gasteiger partial charge in [0.2, 0.25) is 5.91 Å². The number of carbonyl (C=O) groups is 1. The Kier molecular flexibility index (Phi) is 4.01. The van der Waals surface area contributed by atoms with Crippen LogP contribution < -0.4 is 10.6 Å². The fourth-order valence-electron chi connectivity index (χ4n) is 2.75. The van der Waals surface area contributed by atoms with Gasteiger partial charge in [0.1, 0.15) is 5.69 Å². The summed E-state index contributed by atoms with van der Waals surface area (Å²) in [7, 11) is 0. The summed E-state index contributed by atoms with van der Waals surface area (Å²) in [4.78, 5) is 22.3. The average molecular weight is 307 g/mol. The van der Waals surface area contributed by atoms with E-state index in [-0.39, 0.29) is 16.5 Å². The van der Waals surface area contributed by atoms with Crippen LogP contribution in [0.4, 0.5) is 17.1 Å². The van der Waals surface area contributed by atoms with Crippen LogP contribution >= 0.6 is 11.8 Å². The van der Waals surface area contributed by atoms with Crippen molar-refractivity contribution in [2.45, 2.75) is 31.7 Å². The molecule has 0 bridgehead atoms. The van der Waals surface area contributed by atoms with Crippen LogP contribution in [0.25, 0.3) is 0 Å². The Hall–Kier alpha value is -1.76. The lowest BCUT2D eigenvalue weighted by Crippen LogP contribution is -2.25. The van der Waals surface area contributed by atoms with Gasteiger partial charge in [-0.15, -0.1) is 0 Å². The van der Waals surface area contributed by atoms with Crippen molar-refractivity contribution in [2.75, 3.05) is 22.1 Å². The van der Waals surface area contributed by atoms with E-state index in [1.54, 1.807) is 0 Å². The molecule has 1 aromatic rings. The van der Waals surface area contributed by atoms with E-state index in [2.05, 4.69) is 10.6 Å². The highest BCUT2D eigenvalue weighted by Gasteiger charge is 2.24. The maximum Gasteiger partial charge on any atom is 0.294 e. The number of benzene rings is 1. The molecule has 1 saturated heterocycles. The van der Waals surface area contributed by atoms with Gasteiger partial charge in [-0.05, 0) is 42.4 Å². The minimum Gasteiger partial charge on any atom is -0.377 e. The number of hydrogen-bond donors (Lipinski definition) is 2. The molecule has 7 heteroatoms. The second-order valence-corrected chi connectivity index (χ2v) is 6.59. The number of hydrogen-bond acceptors (Lipinski definition) is 5. The number of thioether (sulfide) groups is 1. The second-order valence-electron chi connectivity index (χ2n) is 5.36. The molecule has 1 aromatic carbocycles. The van der Waals surface area contributed by atoms with Gasteiger partial charge in [0.25, 0.3) is 5.69 Å². The molecule has 1 amide bonds. The fourth-order valence-corrected chi connectivity index (χ4v) is 3.85. The SMILES string of the molecule is O=C1CCc2cc(NC3CCSCC3)c([N+](=O)[O-])cc2N1. The van der Waals surface area contributed by atoms with Gasteiger partial charge in [0.15, 0.2) is 0 Å². The van der Waals surface area contributed by atoms with E-state index in [1.165, 1.54) is 6.07 Å². The number of aryl methyl sites for hydroxylation is 1. The molecule has 0 radical (unpaired) electrons. The molecular weight excluding hydrogens is 290 g/mol. The van der Waals surface area contributed by atoms with Crippen LogP contribution in [0.1, 0.15) is 24.8 Å². The number of anilines is 2. The van der Waals surface area contributed by atoms with Gasteiger partial charge >= 0.3 is 0 Å². The minimum absolute atomic E-state index is 0.0363. The number of nitro groups is 1. The van der Waals surface area contributed by atoms with Crippen LogP contribution in [0.2, 0.25) is 0 Å². The number of nitrogens with one attached hydrogen (secondary N) is 2. The number of nitrogens with zero attached hydrogens (tertiary/aromatic N) is 1. The highest BCUT2D eigenvalue weighted by Crippen LogP contribution is 2.35. The first-order valence-electron chi connectivity index (χ1n) is 7.09. The Labute approximate surface area is 126 Å². The van der Waals surface area contributed by atoms with Crippen LogP contribution in [0.5, 0.6) is 0 Å². The third kappa shape index (κ3) is 3.12. The second kappa shape index (κ2) is 5.93. The van der Waals surface area contributed by atoms with E-state index >= 15 is 0 Å². The summed E-state index contributed by atoms with van der Waals surface area (Å²) < 4.78 is 0. The lowest BCUT2D eigenvalue weighted by atomic mass is 10.0. The van der Waals surface area contributed by atoms with E-state index in [1.807, 2.05) is 17.8 Å². The Bertz CT molecular complexity index is 585. The van der Waals surface area contributed by atoms with E-state index in [0.29, 0.717) is 30.3 Å². The van der Waals surface area contributed by atoms with Crippen molar-refractivity contribution < 1.29 is 9.72 Å². The summed E-state index contributed by atoms with van der Waals surface area (Å²) in [5.74, 6) is 2.10. The van der Waals surface area contributed by atoms with Gasteiger partial charge < -0.3 is 10.6 Å². The Morgan fingerprint density at radius 1 is 1.29 bits per heavy atom. The summed E-state index contributed by atoms with van der Waals surface area (Å²) in [6.07, 6.45) is 3.12. The van der Waals surface area contributed by atoms with Gasteiger partial charge in [-0.25, -0.2) is 0 Å². The first-order chi connectivity index (χ1) is 10.1. The standard InChI is InChI=1S/C14H17N3O3S/c18-14-2-1-9-7-12(15-10-3-5-21-6-4-10)13(17(19)20)8-11(9)16-14/h7-8,10,15H,1-6H2,(H,16,18). The van der Waals surface area contributed by atoms with Crippen molar-refractivity contribution in [1.29, 1.82) is 0 Å². The van der Waals surface area contributed by atoms with Crippen molar-refractivity contribution in [3.63, 3.8) is 0 Å². The van der Waals surface area contributed by atoms with E-state index in [9.17, 15) is 14.9 Å². The van der Waals surface area contributed by atoms with Gasteiger partial charge in [-0.2, -0.15) is 11.8 Å².